The van der Waals surface area contributed by atoms with E-state index in [4.69, 9.17) is 5.73 Å². The van der Waals surface area contributed by atoms with E-state index in [1.165, 1.54) is 11.1 Å². The van der Waals surface area contributed by atoms with Crippen LogP contribution in [0.1, 0.15) is 24.3 Å². The summed E-state index contributed by atoms with van der Waals surface area (Å²) in [5, 5.41) is 0. The Balaban J connectivity index is 2.91. The number of pyridine rings is 1. The molecule has 1 aromatic heterocycles. The van der Waals surface area contributed by atoms with Crippen LogP contribution in [0, 0.1) is 0 Å². The lowest BCUT2D eigenvalue weighted by Crippen LogP contribution is -2.43. The first-order valence-electron chi connectivity index (χ1n) is 5.12. The molecule has 0 aliphatic carbocycles. The van der Waals surface area contributed by atoms with Gasteiger partial charge in [-0.25, -0.2) is 4.98 Å². The molecule has 0 unspecified atom stereocenters. The van der Waals surface area contributed by atoms with Crippen molar-refractivity contribution in [3.05, 3.63) is 28.5 Å². The lowest BCUT2D eigenvalue weighted by atomic mass is 10.2. The SMILES string of the molecule is CC(C)N(CC(N)=O)C(=O)c1ccc(Br)cn1. The summed E-state index contributed by atoms with van der Waals surface area (Å²) in [4.78, 5) is 28.4. The van der Waals surface area contributed by atoms with Gasteiger partial charge >= 0.3 is 0 Å². The molecule has 1 rings (SSSR count). The molecule has 1 aromatic rings. The zero-order chi connectivity index (χ0) is 13.0. The second kappa shape index (κ2) is 5.77. The summed E-state index contributed by atoms with van der Waals surface area (Å²) in [6.07, 6.45) is 1.54. The maximum atomic E-state index is 12.1. The van der Waals surface area contributed by atoms with Gasteiger partial charge in [-0.15, -0.1) is 0 Å². The lowest BCUT2D eigenvalue weighted by molar-refractivity contribution is -0.119. The minimum absolute atomic E-state index is 0.103. The summed E-state index contributed by atoms with van der Waals surface area (Å²) in [6, 6.07) is 3.21. The number of primary amides is 1. The van der Waals surface area contributed by atoms with Crippen LogP contribution < -0.4 is 5.73 Å². The number of amides is 2. The first kappa shape index (κ1) is 13.6. The predicted octanol–water partition coefficient (Wildman–Crippen LogP) is 1.18. The molecule has 2 amide bonds. The summed E-state index contributed by atoms with van der Waals surface area (Å²) in [5.74, 6) is -0.838. The third-order valence-electron chi connectivity index (χ3n) is 2.16. The van der Waals surface area contributed by atoms with Crippen LogP contribution >= 0.6 is 15.9 Å². The summed E-state index contributed by atoms with van der Waals surface area (Å²) >= 11 is 3.24. The number of carbonyl (C=O) groups is 2. The molecular formula is C11H14BrN3O2. The second-order valence-corrected chi connectivity index (χ2v) is 4.77. The Morgan fingerprint density at radius 2 is 2.12 bits per heavy atom. The van der Waals surface area contributed by atoms with Crippen molar-refractivity contribution < 1.29 is 9.59 Å². The van der Waals surface area contributed by atoms with Crippen LogP contribution in [0.2, 0.25) is 0 Å². The Kier molecular flexibility index (Phi) is 4.62. The fourth-order valence-corrected chi connectivity index (χ4v) is 1.54. The van der Waals surface area contributed by atoms with Crippen LogP contribution in [-0.4, -0.2) is 34.3 Å². The van der Waals surface area contributed by atoms with Crippen molar-refractivity contribution in [2.24, 2.45) is 5.73 Å². The maximum Gasteiger partial charge on any atom is 0.273 e. The average Bonchev–Trinajstić information content (AvgIpc) is 2.25. The van der Waals surface area contributed by atoms with E-state index in [0.29, 0.717) is 5.69 Å². The zero-order valence-electron chi connectivity index (χ0n) is 9.68. The number of carbonyl (C=O) groups excluding carboxylic acids is 2. The quantitative estimate of drug-likeness (QED) is 0.907. The topological polar surface area (TPSA) is 76.3 Å². The fraction of sp³-hybridized carbons (Fsp3) is 0.364. The summed E-state index contributed by atoms with van der Waals surface area (Å²) in [5.41, 5.74) is 5.40. The van der Waals surface area contributed by atoms with Crippen molar-refractivity contribution >= 4 is 27.7 Å². The molecule has 0 saturated heterocycles. The van der Waals surface area contributed by atoms with Crippen LogP contribution in [-0.2, 0) is 4.79 Å². The van der Waals surface area contributed by atoms with E-state index in [-0.39, 0.29) is 18.5 Å². The maximum absolute atomic E-state index is 12.1. The van der Waals surface area contributed by atoms with Crippen LogP contribution in [0.25, 0.3) is 0 Å². The number of rotatable bonds is 4. The molecule has 5 nitrogen and oxygen atoms in total. The van der Waals surface area contributed by atoms with E-state index in [0.717, 1.165) is 4.47 Å². The lowest BCUT2D eigenvalue weighted by Gasteiger charge is -2.24. The van der Waals surface area contributed by atoms with Crippen LogP contribution in [0.5, 0.6) is 0 Å². The van der Waals surface area contributed by atoms with Crippen molar-refractivity contribution in [2.45, 2.75) is 19.9 Å². The molecule has 0 atom stereocenters. The van der Waals surface area contributed by atoms with Crippen LogP contribution in [0.4, 0.5) is 0 Å². The van der Waals surface area contributed by atoms with E-state index in [1.54, 1.807) is 12.1 Å². The van der Waals surface area contributed by atoms with Gasteiger partial charge in [0.15, 0.2) is 0 Å². The molecular weight excluding hydrogens is 286 g/mol. The van der Waals surface area contributed by atoms with Gasteiger partial charge in [-0.2, -0.15) is 0 Å². The molecule has 0 spiro atoms. The van der Waals surface area contributed by atoms with Crippen molar-refractivity contribution in [1.29, 1.82) is 0 Å². The Morgan fingerprint density at radius 3 is 2.53 bits per heavy atom. The summed E-state index contributed by atoms with van der Waals surface area (Å²) < 4.78 is 0.792. The van der Waals surface area contributed by atoms with Crippen molar-refractivity contribution in [3.63, 3.8) is 0 Å². The Bertz CT molecular complexity index is 417. The van der Waals surface area contributed by atoms with Gasteiger partial charge in [0.05, 0.1) is 6.54 Å². The van der Waals surface area contributed by atoms with Gasteiger partial charge in [0.25, 0.3) is 5.91 Å². The minimum Gasteiger partial charge on any atom is -0.368 e. The predicted molar refractivity (Wildman–Crippen MR) is 67.3 cm³/mol. The number of hydrogen-bond donors (Lipinski definition) is 1. The molecule has 0 radical (unpaired) electrons. The van der Waals surface area contributed by atoms with E-state index >= 15 is 0 Å². The van der Waals surface area contributed by atoms with E-state index in [9.17, 15) is 9.59 Å². The summed E-state index contributed by atoms with van der Waals surface area (Å²) in [6.45, 7) is 3.54. The highest BCUT2D eigenvalue weighted by molar-refractivity contribution is 9.10. The van der Waals surface area contributed by atoms with E-state index in [1.807, 2.05) is 13.8 Å². The molecule has 0 aliphatic rings. The number of halogens is 1. The molecule has 92 valence electrons. The van der Waals surface area contributed by atoms with Crippen molar-refractivity contribution in [3.8, 4) is 0 Å². The van der Waals surface area contributed by atoms with E-state index in [2.05, 4.69) is 20.9 Å². The first-order chi connectivity index (χ1) is 7.91. The monoisotopic (exact) mass is 299 g/mol. The molecule has 0 saturated carbocycles. The van der Waals surface area contributed by atoms with Gasteiger partial charge in [0.2, 0.25) is 5.91 Å². The van der Waals surface area contributed by atoms with Gasteiger partial charge < -0.3 is 10.6 Å². The average molecular weight is 300 g/mol. The third-order valence-corrected chi connectivity index (χ3v) is 2.63. The molecule has 0 fully saturated rings. The number of nitrogens with two attached hydrogens (primary N) is 1. The highest BCUT2D eigenvalue weighted by Crippen LogP contribution is 2.10. The fourth-order valence-electron chi connectivity index (χ4n) is 1.31. The van der Waals surface area contributed by atoms with Crippen LogP contribution in [0.15, 0.2) is 22.8 Å². The van der Waals surface area contributed by atoms with Gasteiger partial charge in [-0.05, 0) is 41.9 Å². The van der Waals surface area contributed by atoms with Crippen LogP contribution in [0.3, 0.4) is 0 Å². The molecule has 17 heavy (non-hydrogen) atoms. The van der Waals surface area contributed by atoms with Gasteiger partial charge in [0.1, 0.15) is 5.69 Å². The largest absolute Gasteiger partial charge is 0.368 e. The molecule has 6 heteroatoms. The second-order valence-electron chi connectivity index (χ2n) is 3.85. The summed E-state index contributed by atoms with van der Waals surface area (Å²) in [7, 11) is 0. The van der Waals surface area contributed by atoms with E-state index < -0.39 is 5.91 Å². The minimum atomic E-state index is -0.538. The zero-order valence-corrected chi connectivity index (χ0v) is 11.3. The third kappa shape index (κ3) is 3.81. The van der Waals surface area contributed by atoms with Crippen molar-refractivity contribution in [2.75, 3.05) is 6.54 Å². The first-order valence-corrected chi connectivity index (χ1v) is 5.92. The molecule has 0 aliphatic heterocycles. The highest BCUT2D eigenvalue weighted by Gasteiger charge is 2.21. The smallest absolute Gasteiger partial charge is 0.273 e. The van der Waals surface area contributed by atoms with Gasteiger partial charge in [-0.1, -0.05) is 0 Å². The normalized spacial score (nSPS) is 10.4. The number of nitrogens with zero attached hydrogens (tertiary/aromatic N) is 2. The Labute approximate surface area is 108 Å². The number of hydrogen-bond acceptors (Lipinski definition) is 3. The van der Waals surface area contributed by atoms with Crippen molar-refractivity contribution in [1.82, 2.24) is 9.88 Å². The molecule has 1 heterocycles. The number of aromatic nitrogens is 1. The van der Waals surface area contributed by atoms with Gasteiger partial charge in [0, 0.05) is 16.7 Å². The molecule has 2 N–H and O–H groups in total. The Morgan fingerprint density at radius 1 is 1.47 bits per heavy atom. The Hall–Kier alpha value is -1.43. The molecule has 0 aromatic carbocycles. The van der Waals surface area contributed by atoms with Gasteiger partial charge in [-0.3, -0.25) is 9.59 Å². The highest BCUT2D eigenvalue weighted by atomic mass is 79.9. The standard InChI is InChI=1S/C11H14BrN3O2/c1-7(2)15(6-10(13)16)11(17)9-4-3-8(12)5-14-9/h3-5,7H,6H2,1-2H3,(H2,13,16). The molecule has 0 bridgehead atoms.